The Morgan fingerprint density at radius 1 is 1.33 bits per heavy atom. The maximum Gasteiger partial charge on any atom is 0.148 e. The topological polar surface area (TPSA) is 96.1 Å². The van der Waals surface area contributed by atoms with E-state index in [9.17, 15) is 5.11 Å². The number of rotatable bonds is 5. The number of hydrazine groups is 1. The van der Waals surface area contributed by atoms with Crippen LogP contribution < -0.4 is 16.6 Å². The molecule has 1 heterocycles. The van der Waals surface area contributed by atoms with E-state index in [-0.39, 0.29) is 18.1 Å². The molecule has 2 rings (SSSR count). The third-order valence-electron chi connectivity index (χ3n) is 3.36. The number of nitrogens with one attached hydrogen (secondary N) is 2. The molecule has 0 spiro atoms. The van der Waals surface area contributed by atoms with Gasteiger partial charge in [-0.05, 0) is 19.8 Å². The van der Waals surface area contributed by atoms with Gasteiger partial charge >= 0.3 is 0 Å². The van der Waals surface area contributed by atoms with E-state index in [1.54, 1.807) is 0 Å². The lowest BCUT2D eigenvalue weighted by Gasteiger charge is -2.19. The highest BCUT2D eigenvalue weighted by Crippen LogP contribution is 2.39. The van der Waals surface area contributed by atoms with E-state index in [4.69, 9.17) is 5.84 Å². The molecule has 100 valence electrons. The molecule has 0 atom stereocenters. The molecule has 0 amide bonds. The first kappa shape index (κ1) is 13.0. The van der Waals surface area contributed by atoms with Crippen LogP contribution in [0.2, 0.25) is 0 Å². The summed E-state index contributed by atoms with van der Waals surface area (Å²) in [5.41, 5.74) is 3.28. The van der Waals surface area contributed by atoms with Gasteiger partial charge in [-0.25, -0.2) is 15.8 Å². The van der Waals surface area contributed by atoms with E-state index in [1.165, 1.54) is 0 Å². The van der Waals surface area contributed by atoms with Crippen LogP contribution in [0.15, 0.2) is 0 Å². The molecule has 6 heteroatoms. The number of aromatic nitrogens is 2. The SMILES string of the molecule is Cc1c(NN)nc(C(C)C)nc1NC1(CO)CC1. The second-order valence-corrected chi connectivity index (χ2v) is 5.27. The number of anilines is 2. The first-order valence-electron chi connectivity index (χ1n) is 6.25. The van der Waals surface area contributed by atoms with Gasteiger partial charge in [0.15, 0.2) is 0 Å². The Labute approximate surface area is 107 Å². The molecule has 1 aliphatic rings. The molecule has 1 saturated carbocycles. The summed E-state index contributed by atoms with van der Waals surface area (Å²) in [5.74, 6) is 7.84. The lowest BCUT2D eigenvalue weighted by atomic mass is 10.2. The van der Waals surface area contributed by atoms with Gasteiger partial charge in [0.05, 0.1) is 12.1 Å². The van der Waals surface area contributed by atoms with Crippen molar-refractivity contribution in [1.29, 1.82) is 0 Å². The van der Waals surface area contributed by atoms with Crippen molar-refractivity contribution in [2.24, 2.45) is 5.84 Å². The van der Waals surface area contributed by atoms with Crippen LogP contribution in [0.3, 0.4) is 0 Å². The van der Waals surface area contributed by atoms with Gasteiger partial charge in [-0.2, -0.15) is 0 Å². The fourth-order valence-electron chi connectivity index (χ4n) is 1.78. The summed E-state index contributed by atoms with van der Waals surface area (Å²) < 4.78 is 0. The molecule has 5 N–H and O–H groups in total. The van der Waals surface area contributed by atoms with Crippen LogP contribution in [0.4, 0.5) is 11.6 Å². The quantitative estimate of drug-likeness (QED) is 0.463. The molecule has 0 aliphatic heterocycles. The number of hydrogen-bond donors (Lipinski definition) is 4. The van der Waals surface area contributed by atoms with Crippen LogP contribution >= 0.6 is 0 Å². The van der Waals surface area contributed by atoms with Crippen LogP contribution in [-0.4, -0.2) is 27.2 Å². The fraction of sp³-hybridized carbons (Fsp3) is 0.667. The summed E-state index contributed by atoms with van der Waals surface area (Å²) in [4.78, 5) is 8.90. The number of aliphatic hydroxyl groups is 1. The summed E-state index contributed by atoms with van der Waals surface area (Å²) in [6, 6.07) is 0. The van der Waals surface area contributed by atoms with Crippen molar-refractivity contribution in [1.82, 2.24) is 9.97 Å². The Bertz CT molecular complexity index is 442. The molecule has 6 nitrogen and oxygen atoms in total. The second-order valence-electron chi connectivity index (χ2n) is 5.27. The molecule has 1 aromatic rings. The van der Waals surface area contributed by atoms with Gasteiger partial charge < -0.3 is 15.8 Å². The number of nitrogens with two attached hydrogens (primary N) is 1. The van der Waals surface area contributed by atoms with Crippen LogP contribution in [0.5, 0.6) is 0 Å². The summed E-state index contributed by atoms with van der Waals surface area (Å²) in [6.45, 7) is 6.11. The zero-order valence-electron chi connectivity index (χ0n) is 11.1. The first-order chi connectivity index (χ1) is 8.51. The molecular formula is C12H21N5O. The Morgan fingerprint density at radius 3 is 2.39 bits per heavy atom. The molecular weight excluding hydrogens is 230 g/mol. The van der Waals surface area contributed by atoms with Crippen molar-refractivity contribution in [2.75, 3.05) is 17.3 Å². The second kappa shape index (κ2) is 4.70. The predicted molar refractivity (Wildman–Crippen MR) is 71.3 cm³/mol. The standard InChI is InChI=1S/C12H21N5O/c1-7(2)9-14-10(8(3)11(15-9)17-13)16-12(6-18)4-5-12/h7,18H,4-6,13H2,1-3H3,(H2,14,15,16,17). The average Bonchev–Trinajstić information content (AvgIpc) is 3.12. The zero-order chi connectivity index (χ0) is 13.3. The minimum Gasteiger partial charge on any atom is -0.394 e. The van der Waals surface area contributed by atoms with Crippen molar-refractivity contribution in [3.63, 3.8) is 0 Å². The van der Waals surface area contributed by atoms with Crippen molar-refractivity contribution >= 4 is 11.6 Å². The normalized spacial score (nSPS) is 16.8. The number of aliphatic hydroxyl groups excluding tert-OH is 1. The van der Waals surface area contributed by atoms with E-state index in [0.29, 0.717) is 5.82 Å². The maximum absolute atomic E-state index is 9.37. The zero-order valence-corrected chi connectivity index (χ0v) is 11.1. The van der Waals surface area contributed by atoms with Gasteiger partial charge in [0.25, 0.3) is 0 Å². The van der Waals surface area contributed by atoms with Crippen molar-refractivity contribution in [2.45, 2.75) is 45.1 Å². The molecule has 1 aliphatic carbocycles. The molecule has 0 saturated heterocycles. The minimum atomic E-state index is -0.195. The largest absolute Gasteiger partial charge is 0.394 e. The highest BCUT2D eigenvalue weighted by molar-refractivity contribution is 5.58. The Kier molecular flexibility index (Phi) is 3.41. The Balaban J connectivity index is 2.35. The van der Waals surface area contributed by atoms with Gasteiger partial charge in [0.1, 0.15) is 17.5 Å². The molecule has 0 bridgehead atoms. The Morgan fingerprint density at radius 2 is 1.94 bits per heavy atom. The van der Waals surface area contributed by atoms with E-state index in [0.717, 1.165) is 30.0 Å². The lowest BCUT2D eigenvalue weighted by molar-refractivity contribution is 0.266. The monoisotopic (exact) mass is 251 g/mol. The first-order valence-corrected chi connectivity index (χ1v) is 6.25. The third kappa shape index (κ3) is 2.39. The van der Waals surface area contributed by atoms with Gasteiger partial charge in [0.2, 0.25) is 0 Å². The smallest absolute Gasteiger partial charge is 0.148 e. The summed E-state index contributed by atoms with van der Waals surface area (Å²) >= 11 is 0. The number of hydrogen-bond acceptors (Lipinski definition) is 6. The maximum atomic E-state index is 9.37. The number of nitrogens with zero attached hydrogens (tertiary/aromatic N) is 2. The average molecular weight is 251 g/mol. The van der Waals surface area contributed by atoms with E-state index >= 15 is 0 Å². The van der Waals surface area contributed by atoms with E-state index in [1.807, 2.05) is 20.8 Å². The summed E-state index contributed by atoms with van der Waals surface area (Å²) in [5, 5.41) is 12.7. The lowest BCUT2D eigenvalue weighted by Crippen LogP contribution is -2.27. The van der Waals surface area contributed by atoms with Gasteiger partial charge in [-0.15, -0.1) is 0 Å². The Hall–Kier alpha value is -1.40. The molecule has 18 heavy (non-hydrogen) atoms. The van der Waals surface area contributed by atoms with Gasteiger partial charge in [-0.3, -0.25) is 0 Å². The highest BCUT2D eigenvalue weighted by atomic mass is 16.3. The molecule has 1 fully saturated rings. The molecule has 0 aromatic carbocycles. The van der Waals surface area contributed by atoms with Crippen LogP contribution in [-0.2, 0) is 0 Å². The third-order valence-corrected chi connectivity index (χ3v) is 3.36. The van der Waals surface area contributed by atoms with Crippen molar-refractivity contribution in [3.05, 3.63) is 11.4 Å². The summed E-state index contributed by atoms with van der Waals surface area (Å²) in [6.07, 6.45) is 1.94. The van der Waals surface area contributed by atoms with Crippen molar-refractivity contribution < 1.29 is 5.11 Å². The van der Waals surface area contributed by atoms with Crippen molar-refractivity contribution in [3.8, 4) is 0 Å². The predicted octanol–water partition coefficient (Wildman–Crippen LogP) is 1.13. The molecule has 0 radical (unpaired) electrons. The van der Waals surface area contributed by atoms with E-state index < -0.39 is 0 Å². The highest BCUT2D eigenvalue weighted by Gasteiger charge is 2.42. The fourth-order valence-corrected chi connectivity index (χ4v) is 1.78. The molecule has 1 aromatic heterocycles. The van der Waals surface area contributed by atoms with Crippen LogP contribution in [0.25, 0.3) is 0 Å². The van der Waals surface area contributed by atoms with Gasteiger partial charge in [-0.1, -0.05) is 13.8 Å². The number of nitrogen functional groups attached to an aromatic ring is 1. The van der Waals surface area contributed by atoms with E-state index in [2.05, 4.69) is 20.7 Å². The summed E-state index contributed by atoms with van der Waals surface area (Å²) in [7, 11) is 0. The van der Waals surface area contributed by atoms with Gasteiger partial charge in [0, 0.05) is 11.5 Å². The molecule has 0 unspecified atom stereocenters. The van der Waals surface area contributed by atoms with Crippen LogP contribution in [0.1, 0.15) is 44.0 Å². The van der Waals surface area contributed by atoms with Crippen LogP contribution in [0, 0.1) is 6.92 Å². The minimum absolute atomic E-state index is 0.124.